The number of anilines is 1. The second-order valence-electron chi connectivity index (χ2n) is 7.07. The summed E-state index contributed by atoms with van der Waals surface area (Å²) in [7, 11) is 0. The molecule has 5 heteroatoms. The summed E-state index contributed by atoms with van der Waals surface area (Å²) in [6, 6.07) is 17.4. The first-order valence-electron chi connectivity index (χ1n) is 10.3. The Balaban J connectivity index is 1.57. The molecule has 0 aliphatic carbocycles. The molecule has 0 spiro atoms. The monoisotopic (exact) mass is 397 g/mol. The van der Waals surface area contributed by atoms with Crippen LogP contribution in [0.4, 0.5) is 5.69 Å². The lowest BCUT2D eigenvalue weighted by atomic mass is 10.1. The molecule has 1 amide bonds. The third-order valence-corrected chi connectivity index (χ3v) is 4.55. The van der Waals surface area contributed by atoms with Gasteiger partial charge < -0.3 is 14.8 Å². The van der Waals surface area contributed by atoms with Crippen molar-refractivity contribution in [1.29, 1.82) is 0 Å². The van der Waals surface area contributed by atoms with Crippen LogP contribution in [-0.2, 0) is 20.7 Å². The van der Waals surface area contributed by atoms with E-state index in [9.17, 15) is 9.59 Å². The van der Waals surface area contributed by atoms with Gasteiger partial charge in [0.1, 0.15) is 5.75 Å². The first-order valence-corrected chi connectivity index (χ1v) is 10.3. The van der Waals surface area contributed by atoms with Crippen LogP contribution in [0.25, 0.3) is 0 Å². The van der Waals surface area contributed by atoms with Crippen LogP contribution in [0.5, 0.6) is 5.75 Å². The Hall–Kier alpha value is -2.82. The Bertz CT molecular complexity index is 743. The number of carbonyl (C=O) groups is 2. The Morgan fingerprint density at radius 3 is 2.38 bits per heavy atom. The Kier molecular flexibility index (Phi) is 9.76. The van der Waals surface area contributed by atoms with Crippen molar-refractivity contribution in [3.05, 3.63) is 60.2 Å². The number of carbonyl (C=O) groups excluding carboxylic acids is 2. The molecule has 2 rings (SSSR count). The molecule has 1 unspecified atom stereocenters. The van der Waals surface area contributed by atoms with Gasteiger partial charge in [0.15, 0.2) is 0 Å². The van der Waals surface area contributed by atoms with E-state index >= 15 is 0 Å². The number of ether oxygens (including phenoxy) is 2. The molecule has 1 N–H and O–H groups in total. The molecular formula is C24H31NO4. The maximum absolute atomic E-state index is 12.0. The number of rotatable bonds is 12. The van der Waals surface area contributed by atoms with E-state index in [0.29, 0.717) is 13.0 Å². The van der Waals surface area contributed by atoms with Crippen molar-refractivity contribution in [1.82, 2.24) is 0 Å². The van der Waals surface area contributed by atoms with Crippen molar-refractivity contribution in [2.24, 2.45) is 0 Å². The molecule has 1 atom stereocenters. The van der Waals surface area contributed by atoms with E-state index in [1.165, 1.54) is 5.56 Å². The summed E-state index contributed by atoms with van der Waals surface area (Å²) in [5.74, 6) is 0.419. The number of aryl methyl sites for hydroxylation is 1. The van der Waals surface area contributed by atoms with Gasteiger partial charge >= 0.3 is 5.97 Å². The molecule has 0 heterocycles. The highest BCUT2D eigenvalue weighted by Gasteiger charge is 2.07. The molecule has 0 saturated carbocycles. The molecule has 156 valence electrons. The zero-order chi connectivity index (χ0) is 20.9. The molecule has 5 nitrogen and oxygen atoms in total. The van der Waals surface area contributed by atoms with Crippen LogP contribution in [0.3, 0.4) is 0 Å². The Morgan fingerprint density at radius 2 is 1.69 bits per heavy atom. The van der Waals surface area contributed by atoms with Crippen molar-refractivity contribution >= 4 is 17.6 Å². The fourth-order valence-corrected chi connectivity index (χ4v) is 2.73. The molecule has 2 aromatic rings. The summed E-state index contributed by atoms with van der Waals surface area (Å²) >= 11 is 0. The first-order chi connectivity index (χ1) is 14.1. The molecule has 0 aliphatic rings. The van der Waals surface area contributed by atoms with Crippen molar-refractivity contribution in [2.45, 2.75) is 58.5 Å². The largest absolute Gasteiger partial charge is 0.491 e. The number of nitrogens with one attached hydrogen (secondary N) is 1. The number of amides is 1. The van der Waals surface area contributed by atoms with Gasteiger partial charge in [0.25, 0.3) is 0 Å². The third-order valence-electron chi connectivity index (χ3n) is 4.55. The molecule has 0 aliphatic heterocycles. The van der Waals surface area contributed by atoms with E-state index in [0.717, 1.165) is 30.7 Å². The van der Waals surface area contributed by atoms with Crippen LogP contribution >= 0.6 is 0 Å². The van der Waals surface area contributed by atoms with E-state index in [-0.39, 0.29) is 30.8 Å². The lowest BCUT2D eigenvalue weighted by molar-refractivity contribution is -0.143. The lowest BCUT2D eigenvalue weighted by Gasteiger charge is -2.13. The van der Waals surface area contributed by atoms with Gasteiger partial charge in [-0.05, 0) is 62.4 Å². The summed E-state index contributed by atoms with van der Waals surface area (Å²) < 4.78 is 10.9. The van der Waals surface area contributed by atoms with Crippen LogP contribution in [0.2, 0.25) is 0 Å². The Morgan fingerprint density at radius 1 is 0.966 bits per heavy atom. The SMILES string of the molecule is CCC(C)Oc1ccc(NC(=O)CCCC(=O)OCCCc2ccccc2)cc1. The van der Waals surface area contributed by atoms with E-state index in [1.54, 1.807) is 0 Å². The minimum absolute atomic E-state index is 0.113. The van der Waals surface area contributed by atoms with E-state index in [2.05, 4.69) is 24.4 Å². The number of hydrogen-bond donors (Lipinski definition) is 1. The number of hydrogen-bond acceptors (Lipinski definition) is 4. The average molecular weight is 398 g/mol. The molecule has 0 aromatic heterocycles. The Labute approximate surface area is 173 Å². The highest BCUT2D eigenvalue weighted by atomic mass is 16.5. The van der Waals surface area contributed by atoms with E-state index < -0.39 is 0 Å². The highest BCUT2D eigenvalue weighted by molar-refractivity contribution is 5.90. The number of benzene rings is 2. The van der Waals surface area contributed by atoms with Gasteiger partial charge in [-0.15, -0.1) is 0 Å². The van der Waals surface area contributed by atoms with Crippen molar-refractivity contribution in [3.8, 4) is 5.75 Å². The molecule has 0 saturated heterocycles. The standard InChI is InChI=1S/C24H31NO4/c1-3-19(2)29-22-16-14-21(15-17-22)25-23(26)12-7-13-24(27)28-18-8-11-20-9-5-4-6-10-20/h4-6,9-10,14-17,19H,3,7-8,11-13,18H2,1-2H3,(H,25,26). The van der Waals surface area contributed by atoms with E-state index in [1.807, 2.05) is 49.4 Å². The summed E-state index contributed by atoms with van der Waals surface area (Å²) in [6.45, 7) is 4.49. The maximum atomic E-state index is 12.0. The molecule has 2 aromatic carbocycles. The summed E-state index contributed by atoms with van der Waals surface area (Å²) in [5.41, 5.74) is 1.95. The van der Waals surface area contributed by atoms with Gasteiger partial charge in [0, 0.05) is 18.5 Å². The van der Waals surface area contributed by atoms with Crippen molar-refractivity contribution in [3.63, 3.8) is 0 Å². The smallest absolute Gasteiger partial charge is 0.305 e. The van der Waals surface area contributed by atoms with Gasteiger partial charge in [-0.25, -0.2) is 0 Å². The molecule has 0 fully saturated rings. The number of esters is 1. The second-order valence-corrected chi connectivity index (χ2v) is 7.07. The first kappa shape index (κ1) is 22.5. The van der Waals surface area contributed by atoms with Crippen LogP contribution < -0.4 is 10.1 Å². The van der Waals surface area contributed by atoms with Crippen molar-refractivity contribution < 1.29 is 19.1 Å². The normalized spacial score (nSPS) is 11.5. The van der Waals surface area contributed by atoms with Crippen LogP contribution in [0.1, 0.15) is 51.5 Å². The van der Waals surface area contributed by atoms with E-state index in [4.69, 9.17) is 9.47 Å². The van der Waals surface area contributed by atoms with Crippen LogP contribution in [0.15, 0.2) is 54.6 Å². The van der Waals surface area contributed by atoms with Gasteiger partial charge in [-0.2, -0.15) is 0 Å². The molecule has 0 radical (unpaired) electrons. The fourth-order valence-electron chi connectivity index (χ4n) is 2.73. The quantitative estimate of drug-likeness (QED) is 0.397. The van der Waals surface area contributed by atoms with Crippen molar-refractivity contribution in [2.75, 3.05) is 11.9 Å². The highest BCUT2D eigenvalue weighted by Crippen LogP contribution is 2.18. The molecule has 29 heavy (non-hydrogen) atoms. The average Bonchev–Trinajstić information content (AvgIpc) is 2.73. The third kappa shape index (κ3) is 9.28. The zero-order valence-electron chi connectivity index (χ0n) is 17.4. The fraction of sp³-hybridized carbons (Fsp3) is 0.417. The van der Waals surface area contributed by atoms with Crippen LogP contribution in [-0.4, -0.2) is 24.6 Å². The zero-order valence-corrected chi connectivity index (χ0v) is 17.4. The van der Waals surface area contributed by atoms with Crippen LogP contribution in [0, 0.1) is 0 Å². The molecular weight excluding hydrogens is 366 g/mol. The summed E-state index contributed by atoms with van der Waals surface area (Å²) in [4.78, 5) is 23.8. The second kappa shape index (κ2) is 12.6. The topological polar surface area (TPSA) is 64.6 Å². The predicted octanol–water partition coefficient (Wildman–Crippen LogP) is 5.15. The van der Waals surface area contributed by atoms with Gasteiger partial charge in [0.05, 0.1) is 12.7 Å². The summed E-state index contributed by atoms with van der Waals surface area (Å²) in [5, 5.41) is 2.83. The summed E-state index contributed by atoms with van der Waals surface area (Å²) in [6.07, 6.45) is 3.79. The minimum atomic E-state index is -0.252. The van der Waals surface area contributed by atoms with Gasteiger partial charge in [-0.3, -0.25) is 9.59 Å². The predicted molar refractivity (Wildman–Crippen MR) is 115 cm³/mol. The minimum Gasteiger partial charge on any atom is -0.491 e. The van der Waals surface area contributed by atoms with Gasteiger partial charge in [-0.1, -0.05) is 37.3 Å². The molecule has 0 bridgehead atoms. The van der Waals surface area contributed by atoms with Gasteiger partial charge in [0.2, 0.25) is 5.91 Å². The maximum Gasteiger partial charge on any atom is 0.305 e. The lowest BCUT2D eigenvalue weighted by Crippen LogP contribution is -2.13.